The van der Waals surface area contributed by atoms with Crippen molar-refractivity contribution in [2.45, 2.75) is 30.4 Å². The van der Waals surface area contributed by atoms with Gasteiger partial charge in [-0.15, -0.1) is 0 Å². The van der Waals surface area contributed by atoms with E-state index in [0.29, 0.717) is 45.4 Å². The molecule has 16 heavy (non-hydrogen) atoms. The van der Waals surface area contributed by atoms with E-state index in [1.807, 2.05) is 0 Å². The number of morpholine rings is 1. The van der Waals surface area contributed by atoms with Crippen molar-refractivity contribution in [1.29, 1.82) is 0 Å². The number of hydrogen-bond donors (Lipinski definition) is 0. The molecule has 0 unspecified atom stereocenters. The molecule has 0 aromatic rings. The first-order valence-corrected chi connectivity index (χ1v) is 7.10. The summed E-state index contributed by atoms with van der Waals surface area (Å²) in [7, 11) is -3.49. The van der Waals surface area contributed by atoms with Crippen molar-refractivity contribution in [3.8, 4) is 0 Å². The van der Waals surface area contributed by atoms with Crippen molar-refractivity contribution >= 4 is 16.3 Å². The van der Waals surface area contributed by atoms with Gasteiger partial charge in [0.05, 0.1) is 13.2 Å². The average molecular weight is 247 g/mol. The lowest BCUT2D eigenvalue weighted by Crippen LogP contribution is -2.51. The van der Waals surface area contributed by atoms with Gasteiger partial charge in [-0.25, -0.2) is 8.42 Å². The molecule has 5 nitrogen and oxygen atoms in total. The molecule has 0 aromatic carbocycles. The molecule has 0 radical (unpaired) electrons. The Labute approximate surface area is 95.8 Å². The zero-order chi connectivity index (χ0) is 11.6. The summed E-state index contributed by atoms with van der Waals surface area (Å²) in [5.41, 5.74) is 0. The van der Waals surface area contributed by atoms with Crippen LogP contribution in [0.15, 0.2) is 0 Å². The van der Waals surface area contributed by atoms with E-state index in [2.05, 4.69) is 0 Å². The first kappa shape index (κ1) is 12.0. The highest BCUT2D eigenvalue weighted by atomic mass is 32.2. The molecule has 0 bridgehead atoms. The number of carbonyl (C=O) groups excluding carboxylic acids is 1. The van der Waals surface area contributed by atoms with Gasteiger partial charge >= 0.3 is 0 Å². The maximum Gasteiger partial charge on any atom is 0.226 e. The molecule has 2 aliphatic rings. The van der Waals surface area contributed by atoms with Crippen LogP contribution < -0.4 is 0 Å². The van der Waals surface area contributed by atoms with Gasteiger partial charge in [0.15, 0.2) is 0 Å². The fourth-order valence-electron chi connectivity index (χ4n) is 2.45. The van der Waals surface area contributed by atoms with Crippen molar-refractivity contribution in [2.75, 3.05) is 26.3 Å². The Bertz CT molecular complexity index is 353. The standard InChI is InChI=1S/C10H17NO4S/c12-9-10(3-1-2-4-10)16(13,14)11-5-7-15-8-6-11/h9H,1-8H2. The Morgan fingerprint density at radius 3 is 2.19 bits per heavy atom. The molecule has 0 amide bonds. The van der Waals surface area contributed by atoms with Crippen LogP contribution in [0.3, 0.4) is 0 Å². The van der Waals surface area contributed by atoms with Gasteiger partial charge in [-0.3, -0.25) is 0 Å². The molecule has 1 aliphatic carbocycles. The van der Waals surface area contributed by atoms with Crippen molar-refractivity contribution in [3.63, 3.8) is 0 Å². The van der Waals surface area contributed by atoms with E-state index in [-0.39, 0.29) is 0 Å². The molecular formula is C10H17NO4S. The van der Waals surface area contributed by atoms with Gasteiger partial charge in [-0.1, -0.05) is 12.8 Å². The summed E-state index contributed by atoms with van der Waals surface area (Å²) in [5, 5.41) is 0. The topological polar surface area (TPSA) is 63.7 Å². The van der Waals surface area contributed by atoms with Gasteiger partial charge < -0.3 is 9.53 Å². The number of sulfonamides is 1. The maximum atomic E-state index is 12.4. The first-order chi connectivity index (χ1) is 7.62. The molecule has 0 N–H and O–H groups in total. The lowest BCUT2D eigenvalue weighted by molar-refractivity contribution is -0.110. The molecule has 0 spiro atoms. The van der Waals surface area contributed by atoms with Gasteiger partial charge in [0, 0.05) is 13.1 Å². The predicted octanol–water partition coefficient (Wildman–Crippen LogP) is 0.160. The van der Waals surface area contributed by atoms with Crippen molar-refractivity contribution < 1.29 is 17.9 Å². The second kappa shape index (κ2) is 4.43. The average Bonchev–Trinajstić information content (AvgIpc) is 2.80. The number of ether oxygens (including phenoxy) is 1. The van der Waals surface area contributed by atoms with Crippen LogP contribution in [-0.2, 0) is 19.6 Å². The summed E-state index contributed by atoms with van der Waals surface area (Å²) in [6.45, 7) is 1.60. The fourth-order valence-corrected chi connectivity index (χ4v) is 4.52. The van der Waals surface area contributed by atoms with Crippen molar-refractivity contribution in [1.82, 2.24) is 4.31 Å². The number of carbonyl (C=O) groups is 1. The van der Waals surface area contributed by atoms with Crippen LogP contribution in [-0.4, -0.2) is 50.1 Å². The number of rotatable bonds is 3. The van der Waals surface area contributed by atoms with Crippen LogP contribution in [0.4, 0.5) is 0 Å². The summed E-state index contributed by atoms with van der Waals surface area (Å²) in [4.78, 5) is 11.2. The monoisotopic (exact) mass is 247 g/mol. The molecule has 1 aliphatic heterocycles. The highest BCUT2D eigenvalue weighted by molar-refractivity contribution is 7.91. The van der Waals surface area contributed by atoms with Crippen LogP contribution in [0.25, 0.3) is 0 Å². The van der Waals surface area contributed by atoms with Gasteiger partial charge in [0.1, 0.15) is 11.0 Å². The Hall–Kier alpha value is -0.460. The summed E-state index contributed by atoms with van der Waals surface area (Å²) < 4.78 is 30.2. The van der Waals surface area contributed by atoms with E-state index in [9.17, 15) is 13.2 Å². The highest BCUT2D eigenvalue weighted by Gasteiger charge is 2.49. The first-order valence-electron chi connectivity index (χ1n) is 5.66. The van der Waals surface area contributed by atoms with E-state index < -0.39 is 14.8 Å². The molecule has 92 valence electrons. The Balaban J connectivity index is 2.25. The minimum absolute atomic E-state index is 0.373. The smallest absolute Gasteiger partial charge is 0.226 e. The number of aldehydes is 1. The summed E-state index contributed by atoms with van der Waals surface area (Å²) in [5.74, 6) is 0. The van der Waals surface area contributed by atoms with Gasteiger partial charge in [0.2, 0.25) is 10.0 Å². The SMILES string of the molecule is O=CC1(S(=O)(=O)N2CCOCC2)CCCC1. The Kier molecular flexibility index (Phi) is 3.32. The third-order valence-corrected chi connectivity index (χ3v) is 6.07. The summed E-state index contributed by atoms with van der Waals surface area (Å²) in [6.07, 6.45) is 3.22. The van der Waals surface area contributed by atoms with Crippen LogP contribution in [0.5, 0.6) is 0 Å². The third-order valence-electron chi connectivity index (χ3n) is 3.49. The van der Waals surface area contributed by atoms with E-state index in [1.165, 1.54) is 4.31 Å². The van der Waals surface area contributed by atoms with Crippen molar-refractivity contribution in [2.24, 2.45) is 0 Å². The van der Waals surface area contributed by atoms with E-state index >= 15 is 0 Å². The van der Waals surface area contributed by atoms with Crippen LogP contribution in [0.2, 0.25) is 0 Å². The zero-order valence-electron chi connectivity index (χ0n) is 9.22. The largest absolute Gasteiger partial charge is 0.379 e. The molecule has 2 rings (SSSR count). The van der Waals surface area contributed by atoms with Gasteiger partial charge in [0.25, 0.3) is 0 Å². The lowest BCUT2D eigenvalue weighted by Gasteiger charge is -2.33. The van der Waals surface area contributed by atoms with E-state index in [4.69, 9.17) is 4.74 Å². The maximum absolute atomic E-state index is 12.4. The predicted molar refractivity (Wildman–Crippen MR) is 58.6 cm³/mol. The molecule has 2 fully saturated rings. The number of hydrogen-bond acceptors (Lipinski definition) is 4. The zero-order valence-corrected chi connectivity index (χ0v) is 10.0. The number of nitrogens with zero attached hydrogens (tertiary/aromatic N) is 1. The van der Waals surface area contributed by atoms with Gasteiger partial charge in [-0.05, 0) is 12.8 Å². The molecule has 1 heterocycles. The highest BCUT2D eigenvalue weighted by Crippen LogP contribution is 2.37. The summed E-state index contributed by atoms with van der Waals surface area (Å²) in [6, 6.07) is 0. The molecular weight excluding hydrogens is 230 g/mol. The van der Waals surface area contributed by atoms with Gasteiger partial charge in [-0.2, -0.15) is 4.31 Å². The Morgan fingerprint density at radius 1 is 1.12 bits per heavy atom. The normalized spacial score (nSPS) is 26.8. The third kappa shape index (κ3) is 1.78. The van der Waals surface area contributed by atoms with Crippen molar-refractivity contribution in [3.05, 3.63) is 0 Å². The second-order valence-electron chi connectivity index (χ2n) is 4.41. The van der Waals surface area contributed by atoms with Crippen LogP contribution >= 0.6 is 0 Å². The van der Waals surface area contributed by atoms with E-state index in [1.54, 1.807) is 0 Å². The Morgan fingerprint density at radius 2 is 1.69 bits per heavy atom. The fraction of sp³-hybridized carbons (Fsp3) is 0.900. The quantitative estimate of drug-likeness (QED) is 0.666. The van der Waals surface area contributed by atoms with E-state index in [0.717, 1.165) is 12.8 Å². The minimum Gasteiger partial charge on any atom is -0.379 e. The molecule has 1 saturated carbocycles. The second-order valence-corrected chi connectivity index (χ2v) is 6.69. The molecule has 6 heteroatoms. The molecule has 0 atom stereocenters. The molecule has 1 saturated heterocycles. The van der Waals surface area contributed by atoms with Crippen LogP contribution in [0.1, 0.15) is 25.7 Å². The van der Waals surface area contributed by atoms with Crippen LogP contribution in [0, 0.1) is 0 Å². The minimum atomic E-state index is -3.49. The lowest BCUT2D eigenvalue weighted by atomic mass is 10.1. The molecule has 0 aromatic heterocycles. The summed E-state index contributed by atoms with van der Waals surface area (Å²) >= 11 is 0.